The quantitative estimate of drug-likeness (QED) is 0.750. The standard InChI is InChI=1S/C16H12BrNOS/c17-13-5-7-14(8-6-13)20-16-12(10-19)9-11-3-1-2-4-15(11)18-16/h1-9,19H,10H2. The van der Waals surface area contributed by atoms with E-state index in [0.29, 0.717) is 0 Å². The summed E-state index contributed by atoms with van der Waals surface area (Å²) in [7, 11) is 0. The van der Waals surface area contributed by atoms with E-state index in [9.17, 15) is 5.11 Å². The molecule has 2 nitrogen and oxygen atoms in total. The minimum absolute atomic E-state index is 0.00328. The highest BCUT2D eigenvalue weighted by Gasteiger charge is 2.08. The average molecular weight is 346 g/mol. The van der Waals surface area contributed by atoms with E-state index in [1.807, 2.05) is 54.6 Å². The Labute approximate surface area is 130 Å². The van der Waals surface area contributed by atoms with Crippen LogP contribution in [0.4, 0.5) is 0 Å². The smallest absolute Gasteiger partial charge is 0.107 e. The van der Waals surface area contributed by atoms with Gasteiger partial charge < -0.3 is 5.11 Å². The number of fused-ring (bicyclic) bond motifs is 1. The van der Waals surface area contributed by atoms with Gasteiger partial charge in [-0.3, -0.25) is 0 Å². The van der Waals surface area contributed by atoms with Crippen LogP contribution in [0.15, 0.2) is 69.0 Å². The van der Waals surface area contributed by atoms with Gasteiger partial charge in [0.2, 0.25) is 0 Å². The van der Waals surface area contributed by atoms with Gasteiger partial charge in [-0.25, -0.2) is 4.98 Å². The van der Waals surface area contributed by atoms with Gasteiger partial charge in [0, 0.05) is 20.3 Å². The lowest BCUT2D eigenvalue weighted by Gasteiger charge is -2.08. The number of pyridine rings is 1. The van der Waals surface area contributed by atoms with Crippen LogP contribution in [0.2, 0.25) is 0 Å². The first-order chi connectivity index (χ1) is 9.76. The number of aliphatic hydroxyl groups is 1. The van der Waals surface area contributed by atoms with Crippen LogP contribution in [-0.4, -0.2) is 10.1 Å². The van der Waals surface area contributed by atoms with E-state index in [1.165, 1.54) is 0 Å². The van der Waals surface area contributed by atoms with Gasteiger partial charge in [0.15, 0.2) is 0 Å². The van der Waals surface area contributed by atoms with Gasteiger partial charge in [-0.15, -0.1) is 0 Å². The van der Waals surface area contributed by atoms with Gasteiger partial charge in [-0.2, -0.15) is 0 Å². The topological polar surface area (TPSA) is 33.1 Å². The van der Waals surface area contributed by atoms with Crippen molar-refractivity contribution >= 4 is 38.6 Å². The number of aliphatic hydroxyl groups excluding tert-OH is 1. The molecule has 1 heterocycles. The number of nitrogens with zero attached hydrogens (tertiary/aromatic N) is 1. The van der Waals surface area contributed by atoms with Crippen molar-refractivity contribution in [2.24, 2.45) is 0 Å². The van der Waals surface area contributed by atoms with Gasteiger partial charge in [-0.05, 0) is 36.4 Å². The first-order valence-electron chi connectivity index (χ1n) is 6.19. The SMILES string of the molecule is OCc1cc2ccccc2nc1Sc1ccc(Br)cc1. The number of para-hydroxylation sites is 1. The van der Waals surface area contributed by atoms with Crippen LogP contribution < -0.4 is 0 Å². The second-order valence-corrected chi connectivity index (χ2v) is 6.34. The van der Waals surface area contributed by atoms with E-state index in [1.54, 1.807) is 11.8 Å². The van der Waals surface area contributed by atoms with Crippen LogP contribution in [-0.2, 0) is 6.61 Å². The van der Waals surface area contributed by atoms with Gasteiger partial charge in [0.25, 0.3) is 0 Å². The summed E-state index contributed by atoms with van der Waals surface area (Å²) in [5, 5.41) is 11.4. The zero-order chi connectivity index (χ0) is 13.9. The molecule has 20 heavy (non-hydrogen) atoms. The molecule has 1 aromatic heterocycles. The summed E-state index contributed by atoms with van der Waals surface area (Å²) >= 11 is 5.00. The summed E-state index contributed by atoms with van der Waals surface area (Å²) in [5.41, 5.74) is 1.81. The maximum absolute atomic E-state index is 9.54. The lowest BCUT2D eigenvalue weighted by Crippen LogP contribution is -1.92. The van der Waals surface area contributed by atoms with Gasteiger partial charge in [0.1, 0.15) is 5.03 Å². The maximum atomic E-state index is 9.54. The predicted octanol–water partition coefficient (Wildman–Crippen LogP) is 4.64. The van der Waals surface area contributed by atoms with Crippen LogP contribution >= 0.6 is 27.7 Å². The molecule has 0 amide bonds. The zero-order valence-electron chi connectivity index (χ0n) is 10.6. The molecule has 4 heteroatoms. The second kappa shape index (κ2) is 5.95. The molecule has 0 bridgehead atoms. The molecule has 0 unspecified atom stereocenters. The second-order valence-electron chi connectivity index (χ2n) is 4.36. The summed E-state index contributed by atoms with van der Waals surface area (Å²) in [6.45, 7) is -0.00328. The first-order valence-corrected chi connectivity index (χ1v) is 7.80. The molecule has 0 aliphatic heterocycles. The predicted molar refractivity (Wildman–Crippen MR) is 85.9 cm³/mol. The fourth-order valence-electron chi connectivity index (χ4n) is 1.96. The molecule has 0 fully saturated rings. The van der Waals surface area contributed by atoms with Crippen molar-refractivity contribution in [3.05, 3.63) is 64.6 Å². The largest absolute Gasteiger partial charge is 0.392 e. The normalized spacial score (nSPS) is 10.9. The third-order valence-electron chi connectivity index (χ3n) is 2.96. The van der Waals surface area contributed by atoms with Gasteiger partial charge in [-0.1, -0.05) is 45.9 Å². The van der Waals surface area contributed by atoms with Crippen molar-refractivity contribution in [2.75, 3.05) is 0 Å². The lowest BCUT2D eigenvalue weighted by atomic mass is 10.2. The van der Waals surface area contributed by atoms with Gasteiger partial charge >= 0.3 is 0 Å². The molecule has 0 atom stereocenters. The van der Waals surface area contributed by atoms with E-state index >= 15 is 0 Å². The molecule has 0 saturated heterocycles. The van der Waals surface area contributed by atoms with E-state index < -0.39 is 0 Å². The molecule has 0 spiro atoms. The minimum Gasteiger partial charge on any atom is -0.392 e. The Bertz CT molecular complexity index is 743. The molecule has 3 aromatic rings. The van der Waals surface area contributed by atoms with Crippen molar-refractivity contribution in [3.63, 3.8) is 0 Å². The molecule has 0 radical (unpaired) electrons. The lowest BCUT2D eigenvalue weighted by molar-refractivity contribution is 0.278. The minimum atomic E-state index is -0.00328. The number of benzene rings is 2. The molecule has 0 aliphatic carbocycles. The third-order valence-corrected chi connectivity index (χ3v) is 4.55. The summed E-state index contributed by atoms with van der Waals surface area (Å²) < 4.78 is 1.05. The van der Waals surface area contributed by atoms with Crippen LogP contribution in [0.25, 0.3) is 10.9 Å². The van der Waals surface area contributed by atoms with Crippen LogP contribution in [0.3, 0.4) is 0 Å². The number of hydrogen-bond donors (Lipinski definition) is 1. The molecule has 100 valence electrons. The van der Waals surface area contributed by atoms with Crippen molar-refractivity contribution < 1.29 is 5.11 Å². The van der Waals surface area contributed by atoms with Crippen LogP contribution in [0.5, 0.6) is 0 Å². The summed E-state index contributed by atoms with van der Waals surface area (Å²) in [6, 6.07) is 18.0. The van der Waals surface area contributed by atoms with Crippen molar-refractivity contribution in [2.45, 2.75) is 16.5 Å². The molecule has 2 aromatic carbocycles. The molecule has 0 saturated carbocycles. The Kier molecular flexibility index (Phi) is 4.05. The Morgan fingerprint density at radius 3 is 2.55 bits per heavy atom. The highest BCUT2D eigenvalue weighted by molar-refractivity contribution is 9.10. The number of halogens is 1. The van der Waals surface area contributed by atoms with E-state index in [-0.39, 0.29) is 6.61 Å². The van der Waals surface area contributed by atoms with E-state index in [2.05, 4.69) is 20.9 Å². The summed E-state index contributed by atoms with van der Waals surface area (Å²) in [4.78, 5) is 5.76. The highest BCUT2D eigenvalue weighted by atomic mass is 79.9. The van der Waals surface area contributed by atoms with Crippen LogP contribution in [0.1, 0.15) is 5.56 Å². The fraction of sp³-hybridized carbons (Fsp3) is 0.0625. The van der Waals surface area contributed by atoms with Crippen molar-refractivity contribution in [1.29, 1.82) is 0 Å². The molecule has 3 rings (SSSR count). The zero-order valence-corrected chi connectivity index (χ0v) is 13.0. The fourth-order valence-corrected chi connectivity index (χ4v) is 3.12. The molecule has 1 N–H and O–H groups in total. The van der Waals surface area contributed by atoms with Gasteiger partial charge in [0.05, 0.1) is 12.1 Å². The van der Waals surface area contributed by atoms with Crippen molar-refractivity contribution in [3.8, 4) is 0 Å². The molecular weight excluding hydrogens is 334 g/mol. The maximum Gasteiger partial charge on any atom is 0.107 e. The number of aromatic nitrogens is 1. The summed E-state index contributed by atoms with van der Waals surface area (Å²) in [5.74, 6) is 0. The van der Waals surface area contributed by atoms with E-state index in [4.69, 9.17) is 0 Å². The van der Waals surface area contributed by atoms with Crippen molar-refractivity contribution in [1.82, 2.24) is 4.98 Å². The number of rotatable bonds is 3. The third kappa shape index (κ3) is 2.87. The first kappa shape index (κ1) is 13.6. The Morgan fingerprint density at radius 1 is 1.05 bits per heavy atom. The molecular formula is C16H12BrNOS. The monoisotopic (exact) mass is 345 g/mol. The highest BCUT2D eigenvalue weighted by Crippen LogP contribution is 2.31. The van der Waals surface area contributed by atoms with E-state index in [0.717, 1.165) is 30.9 Å². The number of hydrogen-bond acceptors (Lipinski definition) is 3. The Morgan fingerprint density at radius 2 is 1.80 bits per heavy atom. The average Bonchev–Trinajstić information content (AvgIpc) is 2.49. The van der Waals surface area contributed by atoms with Crippen LogP contribution in [0, 0.1) is 0 Å². The Hall–Kier alpha value is -1.36. The summed E-state index contributed by atoms with van der Waals surface area (Å²) in [6.07, 6.45) is 0. The molecule has 0 aliphatic rings. The Balaban J connectivity index is 2.03.